The van der Waals surface area contributed by atoms with Gasteiger partial charge in [-0.3, -0.25) is 4.79 Å². The minimum atomic E-state index is -0.114. The molecule has 118 valence electrons. The molecule has 0 aromatic heterocycles. The highest BCUT2D eigenvalue weighted by molar-refractivity contribution is 6.03. The van der Waals surface area contributed by atoms with E-state index in [1.165, 1.54) is 19.3 Å². The van der Waals surface area contributed by atoms with Crippen molar-refractivity contribution in [3.8, 4) is 11.5 Å². The Hall–Kier alpha value is -1.51. The molecule has 0 atom stereocenters. The van der Waals surface area contributed by atoms with Gasteiger partial charge in [-0.05, 0) is 68.4 Å². The van der Waals surface area contributed by atoms with Crippen LogP contribution in [0.3, 0.4) is 0 Å². The summed E-state index contributed by atoms with van der Waals surface area (Å²) in [5.41, 5.74) is 0.627. The average molecular weight is 300 g/mol. The summed E-state index contributed by atoms with van der Waals surface area (Å²) >= 11 is 0. The first kappa shape index (κ1) is 14.1. The van der Waals surface area contributed by atoms with Crippen LogP contribution in [-0.4, -0.2) is 20.0 Å². The van der Waals surface area contributed by atoms with E-state index in [-0.39, 0.29) is 5.41 Å². The maximum Gasteiger partial charge on any atom is 0.172 e. The summed E-state index contributed by atoms with van der Waals surface area (Å²) in [5.74, 6) is 4.03. The Kier molecular flexibility index (Phi) is 3.21. The van der Waals surface area contributed by atoms with Gasteiger partial charge in [-0.2, -0.15) is 0 Å². The van der Waals surface area contributed by atoms with Gasteiger partial charge >= 0.3 is 0 Å². The van der Waals surface area contributed by atoms with Crippen LogP contribution in [0.2, 0.25) is 0 Å². The molecular weight excluding hydrogens is 276 g/mol. The molecule has 0 unspecified atom stereocenters. The summed E-state index contributed by atoms with van der Waals surface area (Å²) in [4.78, 5) is 13.4. The molecule has 3 nitrogen and oxygen atoms in total. The molecule has 0 aliphatic heterocycles. The zero-order valence-corrected chi connectivity index (χ0v) is 13.4. The molecule has 4 aliphatic carbocycles. The van der Waals surface area contributed by atoms with E-state index < -0.39 is 0 Å². The fourth-order valence-electron chi connectivity index (χ4n) is 5.66. The smallest absolute Gasteiger partial charge is 0.172 e. The Morgan fingerprint density at radius 1 is 1.00 bits per heavy atom. The van der Waals surface area contributed by atoms with Crippen molar-refractivity contribution >= 4 is 5.78 Å². The van der Waals surface area contributed by atoms with Crippen molar-refractivity contribution in [2.24, 2.45) is 23.2 Å². The third kappa shape index (κ3) is 2.05. The van der Waals surface area contributed by atoms with Crippen molar-refractivity contribution in [3.05, 3.63) is 23.8 Å². The molecule has 1 aromatic rings. The Bertz CT molecular complexity index is 569. The molecule has 4 aliphatic rings. The first-order chi connectivity index (χ1) is 10.6. The second-order valence-corrected chi connectivity index (χ2v) is 7.59. The van der Waals surface area contributed by atoms with Crippen LogP contribution in [0.5, 0.6) is 11.5 Å². The van der Waals surface area contributed by atoms with Gasteiger partial charge in [0.25, 0.3) is 0 Å². The van der Waals surface area contributed by atoms with Gasteiger partial charge in [0, 0.05) is 11.5 Å². The molecule has 22 heavy (non-hydrogen) atoms. The molecule has 1 aromatic carbocycles. The quantitative estimate of drug-likeness (QED) is 0.785. The van der Waals surface area contributed by atoms with Crippen molar-refractivity contribution in [2.75, 3.05) is 14.2 Å². The highest BCUT2D eigenvalue weighted by Gasteiger charge is 2.54. The summed E-state index contributed by atoms with van der Waals surface area (Å²) < 4.78 is 10.7. The Balaban J connectivity index is 1.70. The molecule has 4 bridgehead atoms. The lowest BCUT2D eigenvalue weighted by Gasteiger charge is -2.56. The van der Waals surface area contributed by atoms with Crippen LogP contribution in [0.15, 0.2) is 18.2 Å². The van der Waals surface area contributed by atoms with E-state index in [2.05, 4.69) is 0 Å². The molecule has 5 rings (SSSR count). The second-order valence-electron chi connectivity index (χ2n) is 7.59. The van der Waals surface area contributed by atoms with Crippen molar-refractivity contribution < 1.29 is 14.3 Å². The number of Topliss-reactive ketones (excluding diaryl/α,β-unsaturated/α-hetero) is 1. The SMILES string of the molecule is COc1ccc(C(=O)C23CC4CC(CC(C4)C2)C3)c(OC)c1. The van der Waals surface area contributed by atoms with Crippen molar-refractivity contribution in [3.63, 3.8) is 0 Å². The largest absolute Gasteiger partial charge is 0.497 e. The van der Waals surface area contributed by atoms with Gasteiger partial charge in [-0.1, -0.05) is 0 Å². The van der Waals surface area contributed by atoms with Crippen LogP contribution in [0.1, 0.15) is 48.9 Å². The van der Waals surface area contributed by atoms with Gasteiger partial charge in [-0.15, -0.1) is 0 Å². The van der Waals surface area contributed by atoms with Gasteiger partial charge < -0.3 is 9.47 Å². The molecule has 0 radical (unpaired) electrons. The molecule has 0 N–H and O–H groups in total. The number of ether oxygens (including phenoxy) is 2. The van der Waals surface area contributed by atoms with Crippen LogP contribution >= 0.6 is 0 Å². The molecule has 0 heterocycles. The van der Waals surface area contributed by atoms with Gasteiger partial charge in [0.1, 0.15) is 11.5 Å². The summed E-state index contributed by atoms with van der Waals surface area (Å²) in [6.45, 7) is 0. The van der Waals surface area contributed by atoms with Gasteiger partial charge in [0.05, 0.1) is 19.8 Å². The Labute approximate surface area is 132 Å². The first-order valence-corrected chi connectivity index (χ1v) is 8.40. The van der Waals surface area contributed by atoms with Crippen LogP contribution in [0.4, 0.5) is 0 Å². The van der Waals surface area contributed by atoms with E-state index in [0.29, 0.717) is 11.5 Å². The van der Waals surface area contributed by atoms with Crippen LogP contribution in [-0.2, 0) is 0 Å². The lowest BCUT2D eigenvalue weighted by molar-refractivity contribution is -0.0354. The standard InChI is InChI=1S/C19H24O3/c1-21-15-3-4-16(17(8-15)22-2)18(20)19-9-12-5-13(10-19)7-14(6-12)11-19/h3-4,8,12-14H,5-7,9-11H2,1-2H3. The van der Waals surface area contributed by atoms with E-state index in [9.17, 15) is 4.79 Å². The number of rotatable bonds is 4. The van der Waals surface area contributed by atoms with E-state index in [4.69, 9.17) is 9.47 Å². The van der Waals surface area contributed by atoms with Crippen molar-refractivity contribution in [1.29, 1.82) is 0 Å². The third-order valence-corrected chi connectivity index (χ3v) is 6.17. The number of ketones is 1. The summed E-state index contributed by atoms with van der Waals surface area (Å²) in [6.07, 6.45) is 7.33. The molecule has 0 amide bonds. The lowest BCUT2D eigenvalue weighted by Crippen LogP contribution is -2.50. The minimum absolute atomic E-state index is 0.114. The third-order valence-electron chi connectivity index (χ3n) is 6.17. The van der Waals surface area contributed by atoms with Crippen LogP contribution in [0.25, 0.3) is 0 Å². The maximum atomic E-state index is 13.4. The predicted molar refractivity (Wildman–Crippen MR) is 84.5 cm³/mol. The van der Waals surface area contributed by atoms with Gasteiger partial charge in [0.2, 0.25) is 0 Å². The fourth-order valence-corrected chi connectivity index (χ4v) is 5.66. The van der Waals surface area contributed by atoms with Crippen LogP contribution < -0.4 is 9.47 Å². The van der Waals surface area contributed by atoms with E-state index in [0.717, 1.165) is 48.3 Å². The lowest BCUT2D eigenvalue weighted by atomic mass is 9.48. The molecule has 0 spiro atoms. The number of hydrogen-bond donors (Lipinski definition) is 0. The highest BCUT2D eigenvalue weighted by Crippen LogP contribution is 2.61. The second kappa shape index (κ2) is 5.00. The molecular formula is C19H24O3. The van der Waals surface area contributed by atoms with Crippen molar-refractivity contribution in [1.82, 2.24) is 0 Å². The molecule has 4 fully saturated rings. The highest BCUT2D eigenvalue weighted by atomic mass is 16.5. The van der Waals surface area contributed by atoms with Crippen molar-refractivity contribution in [2.45, 2.75) is 38.5 Å². The normalized spacial score (nSPS) is 35.5. The summed E-state index contributed by atoms with van der Waals surface area (Å²) in [6, 6.07) is 5.59. The summed E-state index contributed by atoms with van der Waals surface area (Å²) in [5, 5.41) is 0. The Morgan fingerprint density at radius 2 is 1.59 bits per heavy atom. The number of carbonyl (C=O) groups excluding carboxylic acids is 1. The Morgan fingerprint density at radius 3 is 2.09 bits per heavy atom. The minimum Gasteiger partial charge on any atom is -0.497 e. The fraction of sp³-hybridized carbons (Fsp3) is 0.632. The molecule has 0 saturated heterocycles. The number of carbonyl (C=O) groups is 1. The van der Waals surface area contributed by atoms with Crippen LogP contribution in [0, 0.1) is 23.2 Å². The number of hydrogen-bond acceptors (Lipinski definition) is 3. The van der Waals surface area contributed by atoms with Gasteiger partial charge in [-0.25, -0.2) is 0 Å². The average Bonchev–Trinajstić information content (AvgIpc) is 2.52. The van der Waals surface area contributed by atoms with Gasteiger partial charge in [0.15, 0.2) is 5.78 Å². The number of benzene rings is 1. The maximum absolute atomic E-state index is 13.4. The van der Waals surface area contributed by atoms with E-state index >= 15 is 0 Å². The monoisotopic (exact) mass is 300 g/mol. The summed E-state index contributed by atoms with van der Waals surface area (Å²) in [7, 11) is 3.26. The predicted octanol–water partition coefficient (Wildman–Crippen LogP) is 4.10. The zero-order chi connectivity index (χ0) is 15.3. The zero-order valence-electron chi connectivity index (χ0n) is 13.4. The van der Waals surface area contributed by atoms with E-state index in [1.807, 2.05) is 18.2 Å². The van der Waals surface area contributed by atoms with E-state index in [1.54, 1.807) is 14.2 Å². The molecule has 3 heteroatoms. The molecule has 4 saturated carbocycles. The number of methoxy groups -OCH3 is 2. The topological polar surface area (TPSA) is 35.5 Å². The first-order valence-electron chi connectivity index (χ1n) is 8.40.